The Morgan fingerprint density at radius 2 is 1.81 bits per heavy atom. The molecule has 1 aliphatic rings. The second-order valence-corrected chi connectivity index (χ2v) is 11.7. The summed E-state index contributed by atoms with van der Waals surface area (Å²) in [6.45, 7) is 0.505. The predicted molar refractivity (Wildman–Crippen MR) is 168 cm³/mol. The summed E-state index contributed by atoms with van der Waals surface area (Å²) in [5.41, 5.74) is 2.30. The van der Waals surface area contributed by atoms with Crippen LogP contribution in [0.4, 0.5) is 4.39 Å². The van der Waals surface area contributed by atoms with Crippen molar-refractivity contribution in [3.05, 3.63) is 92.2 Å². The highest BCUT2D eigenvalue weighted by atomic mass is 127. The van der Waals surface area contributed by atoms with Gasteiger partial charge in [0.2, 0.25) is 0 Å². The van der Waals surface area contributed by atoms with Crippen LogP contribution in [0.2, 0.25) is 0 Å². The Bertz CT molecular complexity index is 1800. The van der Waals surface area contributed by atoms with Crippen LogP contribution in [0.25, 0.3) is 22.2 Å². The molecule has 0 spiro atoms. The average Bonchev–Trinajstić information content (AvgIpc) is 3.33. The van der Waals surface area contributed by atoms with Gasteiger partial charge in [-0.1, -0.05) is 50.3 Å². The molecule has 0 atom stereocenters. The molecule has 0 radical (unpaired) electrons. The van der Waals surface area contributed by atoms with Gasteiger partial charge in [0.25, 0.3) is 5.56 Å². The third-order valence-electron chi connectivity index (χ3n) is 7.97. The molecule has 5 aromatic rings. The molecule has 0 saturated heterocycles. The highest BCUT2D eigenvalue weighted by Gasteiger charge is 2.20. The van der Waals surface area contributed by atoms with E-state index in [1.165, 1.54) is 38.2 Å². The van der Waals surface area contributed by atoms with Crippen molar-refractivity contribution in [2.24, 2.45) is 13.0 Å². The summed E-state index contributed by atoms with van der Waals surface area (Å²) in [5.74, 6) is 2.04. The van der Waals surface area contributed by atoms with Crippen molar-refractivity contribution in [2.45, 2.75) is 45.1 Å². The standard InChI is InChI=1S/C32H31FIN5O3/c1-38-28(16-20-6-4-3-5-7-20)36-18-24(32(38)40)22-10-13-26(25(33)17-22)42-27-14-15-35-31-29(27)30(34)37-39(31)19-21-8-11-23(41-2)12-9-21/h8-15,17-18,20H,3-7,16,19H2,1-2H3. The van der Waals surface area contributed by atoms with Crippen LogP contribution in [-0.2, 0) is 20.0 Å². The van der Waals surface area contributed by atoms with E-state index in [9.17, 15) is 4.79 Å². The molecule has 0 amide bonds. The summed E-state index contributed by atoms with van der Waals surface area (Å²) < 4.78 is 30.8. The third-order valence-corrected chi connectivity index (χ3v) is 8.72. The van der Waals surface area contributed by atoms with Crippen LogP contribution in [0.5, 0.6) is 17.2 Å². The Morgan fingerprint density at radius 3 is 2.55 bits per heavy atom. The minimum absolute atomic E-state index is 0.0451. The maximum Gasteiger partial charge on any atom is 0.261 e. The number of nitrogens with zero attached hydrogens (tertiary/aromatic N) is 5. The van der Waals surface area contributed by atoms with Gasteiger partial charge in [0.05, 0.1) is 24.6 Å². The summed E-state index contributed by atoms with van der Waals surface area (Å²) in [6.07, 6.45) is 10.1. The first-order chi connectivity index (χ1) is 20.4. The normalized spacial score (nSPS) is 13.9. The molecule has 1 saturated carbocycles. The molecule has 2 aromatic carbocycles. The van der Waals surface area contributed by atoms with Gasteiger partial charge in [-0.15, -0.1) is 0 Å². The van der Waals surface area contributed by atoms with Gasteiger partial charge < -0.3 is 9.47 Å². The molecule has 3 heterocycles. The fourth-order valence-electron chi connectivity index (χ4n) is 5.61. The smallest absolute Gasteiger partial charge is 0.261 e. The molecule has 10 heteroatoms. The van der Waals surface area contributed by atoms with Crippen LogP contribution in [-0.4, -0.2) is 31.4 Å². The second kappa shape index (κ2) is 12.2. The number of benzene rings is 2. The molecule has 0 aliphatic heterocycles. The summed E-state index contributed by atoms with van der Waals surface area (Å²) in [7, 11) is 3.38. The molecule has 1 aliphatic carbocycles. The van der Waals surface area contributed by atoms with Crippen molar-refractivity contribution in [1.29, 1.82) is 0 Å². The molecule has 8 nitrogen and oxygen atoms in total. The predicted octanol–water partition coefficient (Wildman–Crippen LogP) is 6.91. The minimum atomic E-state index is -0.577. The maximum absolute atomic E-state index is 15.4. The molecule has 0 unspecified atom stereocenters. The van der Waals surface area contributed by atoms with Crippen LogP contribution < -0.4 is 15.0 Å². The number of pyridine rings is 1. The largest absolute Gasteiger partial charge is 0.497 e. The molecular weight excluding hydrogens is 648 g/mol. The van der Waals surface area contributed by atoms with Crippen molar-refractivity contribution in [1.82, 2.24) is 24.3 Å². The van der Waals surface area contributed by atoms with Crippen molar-refractivity contribution >= 4 is 33.6 Å². The summed E-state index contributed by atoms with van der Waals surface area (Å²) in [6, 6.07) is 14.0. The topological polar surface area (TPSA) is 84.1 Å². The van der Waals surface area contributed by atoms with Gasteiger partial charge in [-0.3, -0.25) is 9.36 Å². The summed E-state index contributed by atoms with van der Waals surface area (Å²) in [5, 5.41) is 5.36. The van der Waals surface area contributed by atoms with E-state index < -0.39 is 5.82 Å². The average molecular weight is 680 g/mol. The van der Waals surface area contributed by atoms with Gasteiger partial charge in [0, 0.05) is 31.9 Å². The van der Waals surface area contributed by atoms with Crippen LogP contribution in [0.3, 0.4) is 0 Å². The van der Waals surface area contributed by atoms with Crippen LogP contribution in [0, 0.1) is 15.4 Å². The van der Waals surface area contributed by atoms with Gasteiger partial charge in [0.15, 0.2) is 17.2 Å². The Labute approximate surface area is 256 Å². The quantitative estimate of drug-likeness (QED) is 0.166. The Kier molecular flexibility index (Phi) is 8.23. The lowest BCUT2D eigenvalue weighted by molar-refractivity contribution is 0.347. The van der Waals surface area contributed by atoms with Crippen molar-refractivity contribution in [2.75, 3.05) is 7.11 Å². The first-order valence-corrected chi connectivity index (χ1v) is 15.2. The number of hydrogen-bond donors (Lipinski definition) is 0. The van der Waals surface area contributed by atoms with Crippen LogP contribution >= 0.6 is 22.6 Å². The Morgan fingerprint density at radius 1 is 1.02 bits per heavy atom. The van der Waals surface area contributed by atoms with E-state index in [1.807, 2.05) is 24.3 Å². The Hall–Kier alpha value is -3.80. The second-order valence-electron chi connectivity index (χ2n) is 10.7. The summed E-state index contributed by atoms with van der Waals surface area (Å²) in [4.78, 5) is 22.3. The van der Waals surface area contributed by atoms with E-state index in [4.69, 9.17) is 9.47 Å². The molecule has 0 bridgehead atoms. The lowest BCUT2D eigenvalue weighted by Crippen LogP contribution is -2.25. The molecule has 216 valence electrons. The molecular formula is C32H31FIN5O3. The van der Waals surface area contributed by atoms with E-state index in [0.29, 0.717) is 44.1 Å². The zero-order valence-corrected chi connectivity index (χ0v) is 25.7. The van der Waals surface area contributed by atoms with E-state index in [2.05, 4.69) is 37.7 Å². The number of aromatic nitrogens is 5. The molecule has 0 N–H and O–H groups in total. The van der Waals surface area contributed by atoms with E-state index in [0.717, 1.165) is 23.6 Å². The van der Waals surface area contributed by atoms with Crippen LogP contribution in [0.15, 0.2) is 65.7 Å². The highest BCUT2D eigenvalue weighted by molar-refractivity contribution is 14.1. The molecule has 42 heavy (non-hydrogen) atoms. The number of rotatable bonds is 8. The van der Waals surface area contributed by atoms with Gasteiger partial charge in [0.1, 0.15) is 21.0 Å². The van der Waals surface area contributed by atoms with Crippen molar-refractivity contribution in [3.8, 4) is 28.4 Å². The fraction of sp³-hybridized carbons (Fsp3) is 0.312. The third kappa shape index (κ3) is 5.77. The first kappa shape index (κ1) is 28.3. The highest BCUT2D eigenvalue weighted by Crippen LogP contribution is 2.34. The number of ether oxygens (including phenoxy) is 2. The minimum Gasteiger partial charge on any atom is -0.497 e. The van der Waals surface area contributed by atoms with Crippen molar-refractivity contribution < 1.29 is 13.9 Å². The first-order valence-electron chi connectivity index (χ1n) is 14.1. The SMILES string of the molecule is COc1ccc(Cn2nc(I)c3c(Oc4ccc(-c5cnc(CC6CCCCC6)n(C)c5=O)cc4F)ccnc32)cc1. The van der Waals surface area contributed by atoms with Crippen LogP contribution in [0.1, 0.15) is 43.5 Å². The summed E-state index contributed by atoms with van der Waals surface area (Å²) >= 11 is 2.14. The zero-order valence-electron chi connectivity index (χ0n) is 23.5. The fourth-order valence-corrected chi connectivity index (χ4v) is 6.38. The van der Waals surface area contributed by atoms with Gasteiger partial charge in [-0.2, -0.15) is 5.10 Å². The number of hydrogen-bond acceptors (Lipinski definition) is 6. The van der Waals surface area contributed by atoms with Gasteiger partial charge in [-0.25, -0.2) is 19.0 Å². The number of methoxy groups -OCH3 is 1. The number of fused-ring (bicyclic) bond motifs is 1. The van der Waals surface area contributed by atoms with E-state index in [1.54, 1.807) is 54.0 Å². The van der Waals surface area contributed by atoms with Gasteiger partial charge >= 0.3 is 0 Å². The van der Waals surface area contributed by atoms with E-state index >= 15 is 4.39 Å². The molecule has 3 aromatic heterocycles. The van der Waals surface area contributed by atoms with Gasteiger partial charge in [-0.05, 0) is 63.9 Å². The zero-order chi connectivity index (χ0) is 29.2. The number of halogens is 2. The lowest BCUT2D eigenvalue weighted by atomic mass is 9.87. The maximum atomic E-state index is 15.4. The Balaban J connectivity index is 1.24. The van der Waals surface area contributed by atoms with E-state index in [-0.39, 0.29) is 11.3 Å². The lowest BCUT2D eigenvalue weighted by Gasteiger charge is -2.22. The molecule has 6 rings (SSSR count). The van der Waals surface area contributed by atoms with Crippen molar-refractivity contribution in [3.63, 3.8) is 0 Å². The molecule has 1 fully saturated rings. The monoisotopic (exact) mass is 679 g/mol.